The van der Waals surface area contributed by atoms with Crippen molar-refractivity contribution >= 4 is 5.96 Å². The Bertz CT molecular complexity index is 829. The van der Waals surface area contributed by atoms with E-state index < -0.39 is 0 Å². The van der Waals surface area contributed by atoms with Crippen molar-refractivity contribution in [2.75, 3.05) is 40.0 Å². The van der Waals surface area contributed by atoms with Crippen LogP contribution >= 0.6 is 0 Å². The predicted octanol–water partition coefficient (Wildman–Crippen LogP) is 3.08. The number of aliphatic imine (C=N–C) groups is 1. The van der Waals surface area contributed by atoms with Gasteiger partial charge in [0.2, 0.25) is 0 Å². The van der Waals surface area contributed by atoms with Crippen LogP contribution in [-0.4, -0.2) is 45.9 Å². The van der Waals surface area contributed by atoms with Gasteiger partial charge in [-0.15, -0.1) is 0 Å². The van der Waals surface area contributed by atoms with Gasteiger partial charge in [-0.05, 0) is 42.0 Å². The Labute approximate surface area is 173 Å². The maximum Gasteiger partial charge on any atom is 0.191 e. The fourth-order valence-corrected chi connectivity index (χ4v) is 4.32. The van der Waals surface area contributed by atoms with Crippen molar-refractivity contribution < 1.29 is 9.47 Å². The maximum atomic E-state index is 5.64. The van der Waals surface area contributed by atoms with Crippen LogP contribution in [0.4, 0.5) is 0 Å². The molecular weight excluding hydrogens is 362 g/mol. The van der Waals surface area contributed by atoms with Gasteiger partial charge < -0.3 is 20.1 Å². The third kappa shape index (κ3) is 4.73. The minimum absolute atomic E-state index is 0.0944. The molecular formula is C24H31N3O2. The van der Waals surface area contributed by atoms with E-state index in [9.17, 15) is 0 Å². The lowest BCUT2D eigenvalue weighted by Gasteiger charge is -2.38. The van der Waals surface area contributed by atoms with Crippen molar-refractivity contribution in [3.63, 3.8) is 0 Å². The number of benzene rings is 2. The summed E-state index contributed by atoms with van der Waals surface area (Å²) >= 11 is 0. The molecule has 0 bridgehead atoms. The quantitative estimate of drug-likeness (QED) is 0.585. The summed E-state index contributed by atoms with van der Waals surface area (Å²) in [4.78, 5) is 4.43. The Morgan fingerprint density at radius 2 is 1.86 bits per heavy atom. The summed E-state index contributed by atoms with van der Waals surface area (Å²) in [7, 11) is 1.83. The fourth-order valence-electron chi connectivity index (χ4n) is 4.32. The molecule has 5 heteroatoms. The third-order valence-electron chi connectivity index (χ3n) is 6.11. The van der Waals surface area contributed by atoms with Crippen LogP contribution in [0.25, 0.3) is 0 Å². The molecule has 2 heterocycles. The molecule has 4 rings (SSSR count). The second-order valence-electron chi connectivity index (χ2n) is 7.90. The number of hydrogen-bond acceptors (Lipinski definition) is 3. The van der Waals surface area contributed by atoms with Gasteiger partial charge in [-0.3, -0.25) is 4.99 Å². The number of nitrogens with one attached hydrogen (secondary N) is 2. The van der Waals surface area contributed by atoms with Crippen molar-refractivity contribution in [3.8, 4) is 5.75 Å². The number of fused-ring (bicyclic) bond motifs is 1. The molecule has 0 aromatic heterocycles. The van der Waals surface area contributed by atoms with Gasteiger partial charge in [0, 0.05) is 45.2 Å². The molecule has 1 saturated heterocycles. The van der Waals surface area contributed by atoms with Gasteiger partial charge in [-0.2, -0.15) is 0 Å². The second-order valence-corrected chi connectivity index (χ2v) is 7.90. The van der Waals surface area contributed by atoms with Gasteiger partial charge in [0.1, 0.15) is 5.75 Å². The molecule has 0 amide bonds. The first-order chi connectivity index (χ1) is 14.3. The van der Waals surface area contributed by atoms with E-state index in [-0.39, 0.29) is 5.41 Å². The third-order valence-corrected chi connectivity index (χ3v) is 6.11. The molecule has 0 spiro atoms. The number of ether oxygens (including phenoxy) is 2. The molecule has 2 aromatic rings. The van der Waals surface area contributed by atoms with Gasteiger partial charge >= 0.3 is 0 Å². The zero-order chi connectivity index (χ0) is 19.9. The Morgan fingerprint density at radius 3 is 2.66 bits per heavy atom. The summed E-state index contributed by atoms with van der Waals surface area (Å²) in [6, 6.07) is 17.3. The molecule has 0 atom stereocenters. The highest BCUT2D eigenvalue weighted by molar-refractivity contribution is 5.79. The first kappa shape index (κ1) is 19.8. The Balaban J connectivity index is 1.32. The molecule has 0 unspecified atom stereocenters. The molecule has 2 aromatic carbocycles. The zero-order valence-electron chi connectivity index (χ0n) is 17.2. The topological polar surface area (TPSA) is 54.9 Å². The molecule has 29 heavy (non-hydrogen) atoms. The number of guanidine groups is 1. The lowest BCUT2D eigenvalue weighted by atomic mass is 9.74. The Morgan fingerprint density at radius 1 is 1.03 bits per heavy atom. The molecule has 2 aliphatic rings. The van der Waals surface area contributed by atoms with Crippen LogP contribution in [0.3, 0.4) is 0 Å². The lowest BCUT2D eigenvalue weighted by molar-refractivity contribution is 0.0514. The molecule has 2 N–H and O–H groups in total. The van der Waals surface area contributed by atoms with Gasteiger partial charge in [0.05, 0.1) is 6.61 Å². The van der Waals surface area contributed by atoms with Crippen LogP contribution in [0, 0.1) is 0 Å². The summed E-state index contributed by atoms with van der Waals surface area (Å²) in [6.07, 6.45) is 4.03. The highest BCUT2D eigenvalue weighted by Gasteiger charge is 2.34. The van der Waals surface area contributed by atoms with Gasteiger partial charge in [-0.25, -0.2) is 0 Å². The van der Waals surface area contributed by atoms with Crippen LogP contribution in [0.1, 0.15) is 29.5 Å². The summed E-state index contributed by atoms with van der Waals surface area (Å²) in [5, 5.41) is 7.04. The molecule has 0 radical (unpaired) electrons. The van der Waals surface area contributed by atoms with Crippen molar-refractivity contribution in [1.29, 1.82) is 0 Å². The average Bonchev–Trinajstić information content (AvgIpc) is 3.25. The molecule has 0 saturated carbocycles. The monoisotopic (exact) mass is 393 g/mol. The van der Waals surface area contributed by atoms with E-state index in [1.807, 2.05) is 7.05 Å². The average molecular weight is 394 g/mol. The van der Waals surface area contributed by atoms with Gasteiger partial charge in [-0.1, -0.05) is 42.5 Å². The van der Waals surface area contributed by atoms with Crippen molar-refractivity contribution in [2.24, 2.45) is 4.99 Å². The van der Waals surface area contributed by atoms with Crippen LogP contribution in [0.5, 0.6) is 5.75 Å². The number of rotatable bonds is 6. The van der Waals surface area contributed by atoms with Crippen LogP contribution in [-0.2, 0) is 23.0 Å². The first-order valence-corrected chi connectivity index (χ1v) is 10.6. The highest BCUT2D eigenvalue weighted by atomic mass is 16.5. The molecule has 154 valence electrons. The standard InChI is InChI=1S/C24H31N3O2/c1-25-23(26-13-9-19-7-8-22-20(17-19)10-14-29-22)27-18-24(11-15-28-16-12-24)21-5-3-2-4-6-21/h2-8,17H,9-16,18H2,1H3,(H2,25,26,27). The maximum absolute atomic E-state index is 5.64. The highest BCUT2D eigenvalue weighted by Crippen LogP contribution is 2.34. The Hall–Kier alpha value is -2.53. The largest absolute Gasteiger partial charge is 0.493 e. The summed E-state index contributed by atoms with van der Waals surface area (Å²) in [6.45, 7) is 4.13. The van der Waals surface area contributed by atoms with E-state index in [1.165, 1.54) is 16.7 Å². The smallest absolute Gasteiger partial charge is 0.191 e. The van der Waals surface area contributed by atoms with Crippen molar-refractivity contribution in [2.45, 2.75) is 31.1 Å². The van der Waals surface area contributed by atoms with Crippen LogP contribution in [0.15, 0.2) is 53.5 Å². The summed E-state index contributed by atoms with van der Waals surface area (Å²) in [5.74, 6) is 1.90. The molecule has 2 aliphatic heterocycles. The van der Waals surface area contributed by atoms with E-state index in [2.05, 4.69) is 64.2 Å². The predicted molar refractivity (Wildman–Crippen MR) is 117 cm³/mol. The number of hydrogen-bond donors (Lipinski definition) is 2. The summed E-state index contributed by atoms with van der Waals surface area (Å²) < 4.78 is 11.2. The first-order valence-electron chi connectivity index (χ1n) is 10.6. The van der Waals surface area contributed by atoms with Gasteiger partial charge in [0.15, 0.2) is 5.96 Å². The second kappa shape index (κ2) is 9.31. The van der Waals surface area contributed by atoms with Crippen LogP contribution in [0.2, 0.25) is 0 Å². The van der Waals surface area contributed by atoms with Gasteiger partial charge in [0.25, 0.3) is 0 Å². The SMILES string of the molecule is CN=C(NCCc1ccc2c(c1)CCO2)NCC1(c2ccccc2)CCOCC1. The minimum Gasteiger partial charge on any atom is -0.493 e. The van der Waals surface area contributed by atoms with E-state index >= 15 is 0 Å². The zero-order valence-corrected chi connectivity index (χ0v) is 17.2. The molecule has 5 nitrogen and oxygen atoms in total. The summed E-state index contributed by atoms with van der Waals surface area (Å²) in [5.41, 5.74) is 4.14. The minimum atomic E-state index is 0.0944. The normalized spacial score (nSPS) is 18.0. The lowest BCUT2D eigenvalue weighted by Crippen LogP contribution is -2.48. The van der Waals surface area contributed by atoms with E-state index in [1.54, 1.807) is 0 Å². The van der Waals surface area contributed by atoms with Crippen molar-refractivity contribution in [1.82, 2.24) is 10.6 Å². The molecule has 1 fully saturated rings. The fraction of sp³-hybridized carbons (Fsp3) is 0.458. The Kier molecular flexibility index (Phi) is 6.35. The number of nitrogens with zero attached hydrogens (tertiary/aromatic N) is 1. The van der Waals surface area contributed by atoms with E-state index in [4.69, 9.17) is 9.47 Å². The van der Waals surface area contributed by atoms with Crippen molar-refractivity contribution in [3.05, 3.63) is 65.2 Å². The van der Waals surface area contributed by atoms with Crippen LogP contribution < -0.4 is 15.4 Å². The van der Waals surface area contributed by atoms with E-state index in [0.29, 0.717) is 0 Å². The molecule has 0 aliphatic carbocycles. The van der Waals surface area contributed by atoms with E-state index in [0.717, 1.165) is 70.3 Å².